The largest absolute Gasteiger partial charge is 0.486 e. The van der Waals surface area contributed by atoms with Gasteiger partial charge in [0, 0.05) is 18.3 Å². The lowest BCUT2D eigenvalue weighted by Gasteiger charge is -2.13. The van der Waals surface area contributed by atoms with Gasteiger partial charge in [-0.2, -0.15) is 0 Å². The summed E-state index contributed by atoms with van der Waals surface area (Å²) in [7, 11) is 1.92. The first kappa shape index (κ1) is 14.0. The van der Waals surface area contributed by atoms with Crippen LogP contribution in [0.15, 0.2) is 41.0 Å². The number of hydrogen-bond donors (Lipinski definition) is 1. The van der Waals surface area contributed by atoms with Gasteiger partial charge in [0.25, 0.3) is 0 Å². The molecule has 0 unspecified atom stereocenters. The summed E-state index contributed by atoms with van der Waals surface area (Å²) in [6.45, 7) is 3.29. The number of aromatic nitrogens is 1. The molecule has 2 aromatic rings. The molecule has 100 valence electrons. The van der Waals surface area contributed by atoms with Crippen molar-refractivity contribution in [2.75, 3.05) is 7.05 Å². The van der Waals surface area contributed by atoms with E-state index in [0.29, 0.717) is 6.61 Å². The third-order valence-corrected chi connectivity index (χ3v) is 3.51. The Kier molecular flexibility index (Phi) is 4.93. The Morgan fingerprint density at radius 3 is 2.84 bits per heavy atom. The Balaban J connectivity index is 2.17. The van der Waals surface area contributed by atoms with Gasteiger partial charge >= 0.3 is 0 Å². The lowest BCUT2D eigenvalue weighted by atomic mass is 10.2. The molecule has 0 fully saturated rings. The highest BCUT2D eigenvalue weighted by molar-refractivity contribution is 9.10. The summed E-state index contributed by atoms with van der Waals surface area (Å²) in [6, 6.07) is 10.0. The van der Waals surface area contributed by atoms with Gasteiger partial charge in [-0.05, 0) is 47.6 Å². The first-order valence-electron chi connectivity index (χ1n) is 6.17. The molecule has 0 spiro atoms. The molecule has 3 nitrogen and oxygen atoms in total. The SMILES string of the molecule is CNCc1cccc(Br)c1OCc1ncccc1C. The van der Waals surface area contributed by atoms with Crippen LogP contribution in [0.25, 0.3) is 0 Å². The molecule has 0 saturated carbocycles. The summed E-state index contributed by atoms with van der Waals surface area (Å²) < 4.78 is 6.90. The average Bonchev–Trinajstić information content (AvgIpc) is 2.40. The van der Waals surface area contributed by atoms with E-state index in [1.807, 2.05) is 38.2 Å². The second kappa shape index (κ2) is 6.68. The summed E-state index contributed by atoms with van der Waals surface area (Å²) in [4.78, 5) is 4.34. The molecule has 1 N–H and O–H groups in total. The molecule has 0 saturated heterocycles. The highest BCUT2D eigenvalue weighted by Crippen LogP contribution is 2.29. The van der Waals surface area contributed by atoms with Crippen molar-refractivity contribution in [2.24, 2.45) is 0 Å². The summed E-state index contributed by atoms with van der Waals surface area (Å²) in [5.74, 6) is 0.877. The Labute approximate surface area is 122 Å². The van der Waals surface area contributed by atoms with E-state index in [1.54, 1.807) is 6.20 Å². The van der Waals surface area contributed by atoms with E-state index >= 15 is 0 Å². The topological polar surface area (TPSA) is 34.1 Å². The van der Waals surface area contributed by atoms with Gasteiger partial charge in [0.1, 0.15) is 12.4 Å². The van der Waals surface area contributed by atoms with Gasteiger partial charge in [0.15, 0.2) is 0 Å². The minimum absolute atomic E-state index is 0.478. The van der Waals surface area contributed by atoms with E-state index in [0.717, 1.165) is 33.6 Å². The summed E-state index contributed by atoms with van der Waals surface area (Å²) in [5.41, 5.74) is 3.24. The number of benzene rings is 1. The molecule has 19 heavy (non-hydrogen) atoms. The predicted octanol–water partition coefficient (Wildman–Crippen LogP) is 3.45. The zero-order valence-electron chi connectivity index (χ0n) is 11.1. The molecular weight excluding hydrogens is 304 g/mol. The smallest absolute Gasteiger partial charge is 0.138 e. The number of ether oxygens (including phenoxy) is 1. The zero-order valence-corrected chi connectivity index (χ0v) is 12.7. The number of nitrogens with one attached hydrogen (secondary N) is 1. The van der Waals surface area contributed by atoms with Crippen LogP contribution in [0.4, 0.5) is 0 Å². The molecule has 0 bridgehead atoms. The molecule has 2 rings (SSSR count). The Morgan fingerprint density at radius 2 is 2.11 bits per heavy atom. The van der Waals surface area contributed by atoms with Gasteiger partial charge in [-0.1, -0.05) is 18.2 Å². The Hall–Kier alpha value is -1.39. The third kappa shape index (κ3) is 3.55. The van der Waals surface area contributed by atoms with Crippen molar-refractivity contribution in [2.45, 2.75) is 20.1 Å². The molecule has 0 aliphatic heterocycles. The second-order valence-corrected chi connectivity index (χ2v) is 5.17. The normalized spacial score (nSPS) is 10.5. The monoisotopic (exact) mass is 320 g/mol. The van der Waals surface area contributed by atoms with Crippen molar-refractivity contribution in [3.05, 3.63) is 57.8 Å². The van der Waals surface area contributed by atoms with Gasteiger partial charge in [-0.3, -0.25) is 4.98 Å². The van der Waals surface area contributed by atoms with E-state index in [9.17, 15) is 0 Å². The molecule has 0 aliphatic carbocycles. The molecule has 1 aromatic heterocycles. The minimum atomic E-state index is 0.478. The Bertz CT molecular complexity index is 558. The van der Waals surface area contributed by atoms with Crippen molar-refractivity contribution in [1.29, 1.82) is 0 Å². The van der Waals surface area contributed by atoms with Crippen molar-refractivity contribution in [1.82, 2.24) is 10.3 Å². The van der Waals surface area contributed by atoms with Crippen LogP contribution in [0, 0.1) is 6.92 Å². The standard InChI is InChI=1S/C15H17BrN2O/c1-11-5-4-8-18-14(11)10-19-15-12(9-17-2)6-3-7-13(15)16/h3-8,17H,9-10H2,1-2H3. The van der Waals surface area contributed by atoms with Crippen LogP contribution >= 0.6 is 15.9 Å². The molecule has 0 atom stereocenters. The van der Waals surface area contributed by atoms with Crippen LogP contribution < -0.4 is 10.1 Å². The van der Waals surface area contributed by atoms with Crippen LogP contribution in [-0.4, -0.2) is 12.0 Å². The number of pyridine rings is 1. The lowest BCUT2D eigenvalue weighted by Crippen LogP contribution is -2.08. The van der Waals surface area contributed by atoms with Crippen molar-refractivity contribution >= 4 is 15.9 Å². The van der Waals surface area contributed by atoms with Gasteiger partial charge in [0.2, 0.25) is 0 Å². The van der Waals surface area contributed by atoms with Gasteiger partial charge in [-0.15, -0.1) is 0 Å². The van der Waals surface area contributed by atoms with E-state index in [1.165, 1.54) is 0 Å². The fourth-order valence-electron chi connectivity index (χ4n) is 1.85. The fourth-order valence-corrected chi connectivity index (χ4v) is 2.38. The van der Waals surface area contributed by atoms with E-state index in [4.69, 9.17) is 4.74 Å². The van der Waals surface area contributed by atoms with Crippen molar-refractivity contribution < 1.29 is 4.74 Å². The molecule has 1 heterocycles. The first-order valence-corrected chi connectivity index (χ1v) is 6.97. The second-order valence-electron chi connectivity index (χ2n) is 4.31. The van der Waals surface area contributed by atoms with Crippen LogP contribution in [0.1, 0.15) is 16.8 Å². The van der Waals surface area contributed by atoms with E-state index < -0.39 is 0 Å². The third-order valence-electron chi connectivity index (χ3n) is 2.89. The van der Waals surface area contributed by atoms with Crippen molar-refractivity contribution in [3.8, 4) is 5.75 Å². The van der Waals surface area contributed by atoms with Crippen LogP contribution in [0.5, 0.6) is 5.75 Å². The maximum atomic E-state index is 5.94. The maximum Gasteiger partial charge on any atom is 0.138 e. The predicted molar refractivity (Wildman–Crippen MR) is 80.2 cm³/mol. The van der Waals surface area contributed by atoms with Gasteiger partial charge < -0.3 is 10.1 Å². The van der Waals surface area contributed by atoms with Gasteiger partial charge in [-0.25, -0.2) is 0 Å². The zero-order chi connectivity index (χ0) is 13.7. The molecule has 0 amide bonds. The molecule has 0 radical (unpaired) electrons. The number of halogens is 1. The molecule has 1 aromatic carbocycles. The maximum absolute atomic E-state index is 5.94. The van der Waals surface area contributed by atoms with Crippen molar-refractivity contribution in [3.63, 3.8) is 0 Å². The van der Waals surface area contributed by atoms with Crippen LogP contribution in [-0.2, 0) is 13.2 Å². The molecular formula is C15H17BrN2O. The highest BCUT2D eigenvalue weighted by atomic mass is 79.9. The van der Waals surface area contributed by atoms with E-state index in [-0.39, 0.29) is 0 Å². The molecule has 0 aliphatic rings. The lowest BCUT2D eigenvalue weighted by molar-refractivity contribution is 0.295. The summed E-state index contributed by atoms with van der Waals surface area (Å²) in [5, 5.41) is 3.14. The van der Waals surface area contributed by atoms with E-state index in [2.05, 4.69) is 32.3 Å². The van der Waals surface area contributed by atoms with Crippen LogP contribution in [0.2, 0.25) is 0 Å². The number of rotatable bonds is 5. The van der Waals surface area contributed by atoms with Gasteiger partial charge in [0.05, 0.1) is 10.2 Å². The first-order chi connectivity index (χ1) is 9.22. The quantitative estimate of drug-likeness (QED) is 0.916. The number of para-hydroxylation sites is 1. The Morgan fingerprint density at radius 1 is 1.26 bits per heavy atom. The molecule has 4 heteroatoms. The fraction of sp³-hybridized carbons (Fsp3) is 0.267. The average molecular weight is 321 g/mol. The summed E-state index contributed by atoms with van der Waals surface area (Å²) >= 11 is 3.54. The number of aryl methyl sites for hydroxylation is 1. The number of hydrogen-bond acceptors (Lipinski definition) is 3. The van der Waals surface area contributed by atoms with Crippen LogP contribution in [0.3, 0.4) is 0 Å². The summed E-state index contributed by atoms with van der Waals surface area (Å²) in [6.07, 6.45) is 1.79. The number of nitrogens with zero attached hydrogens (tertiary/aromatic N) is 1. The minimum Gasteiger partial charge on any atom is -0.486 e. The highest BCUT2D eigenvalue weighted by Gasteiger charge is 2.08.